The SMILES string of the molecule is C(/C=C/c1ccccc1)=NOCc1ccccc1. The van der Waals surface area contributed by atoms with Gasteiger partial charge in [-0.25, -0.2) is 0 Å². The van der Waals surface area contributed by atoms with Gasteiger partial charge in [0, 0.05) is 0 Å². The van der Waals surface area contributed by atoms with Crippen molar-refractivity contribution in [1.82, 2.24) is 0 Å². The molecule has 0 saturated heterocycles. The van der Waals surface area contributed by atoms with E-state index in [2.05, 4.69) is 5.16 Å². The van der Waals surface area contributed by atoms with Crippen molar-refractivity contribution >= 4 is 12.3 Å². The third-order valence-corrected chi connectivity index (χ3v) is 2.38. The highest BCUT2D eigenvalue weighted by Crippen LogP contribution is 2.01. The van der Waals surface area contributed by atoms with Crippen LogP contribution in [0.3, 0.4) is 0 Å². The first-order valence-corrected chi connectivity index (χ1v) is 5.86. The quantitative estimate of drug-likeness (QED) is 0.571. The lowest BCUT2D eigenvalue weighted by Gasteiger charge is -1.97. The van der Waals surface area contributed by atoms with Gasteiger partial charge in [-0.15, -0.1) is 0 Å². The van der Waals surface area contributed by atoms with Gasteiger partial charge in [-0.2, -0.15) is 0 Å². The Labute approximate surface area is 107 Å². The van der Waals surface area contributed by atoms with E-state index in [0.29, 0.717) is 6.61 Å². The third-order valence-electron chi connectivity index (χ3n) is 2.38. The van der Waals surface area contributed by atoms with Crippen LogP contribution in [0.25, 0.3) is 6.08 Å². The Hall–Kier alpha value is -2.35. The van der Waals surface area contributed by atoms with Gasteiger partial charge in [0.25, 0.3) is 0 Å². The highest BCUT2D eigenvalue weighted by atomic mass is 16.6. The average Bonchev–Trinajstić information content (AvgIpc) is 2.45. The Morgan fingerprint density at radius 3 is 2.28 bits per heavy atom. The van der Waals surface area contributed by atoms with Crippen molar-refractivity contribution in [2.45, 2.75) is 6.61 Å². The standard InChI is InChI=1S/C16H15NO/c1-3-8-15(9-4-1)12-7-13-17-18-14-16-10-5-2-6-11-16/h1-13H,14H2/b12-7+,17-13?. The van der Waals surface area contributed by atoms with Gasteiger partial charge in [-0.05, 0) is 17.2 Å². The van der Waals surface area contributed by atoms with E-state index < -0.39 is 0 Å². The second kappa shape index (κ2) is 7.07. The van der Waals surface area contributed by atoms with Crippen molar-refractivity contribution in [2.24, 2.45) is 5.16 Å². The van der Waals surface area contributed by atoms with Crippen molar-refractivity contribution in [3.8, 4) is 0 Å². The summed E-state index contributed by atoms with van der Waals surface area (Å²) in [6.45, 7) is 0.497. The molecule has 0 aliphatic carbocycles. The van der Waals surface area contributed by atoms with Crippen LogP contribution in [0.1, 0.15) is 11.1 Å². The lowest BCUT2D eigenvalue weighted by molar-refractivity contribution is 0.132. The van der Waals surface area contributed by atoms with Crippen molar-refractivity contribution in [2.75, 3.05) is 0 Å². The lowest BCUT2D eigenvalue weighted by atomic mass is 10.2. The molecule has 2 heteroatoms. The summed E-state index contributed by atoms with van der Waals surface area (Å²) in [5, 5.41) is 3.87. The van der Waals surface area contributed by atoms with Gasteiger partial charge in [-0.3, -0.25) is 0 Å². The summed E-state index contributed by atoms with van der Waals surface area (Å²) in [7, 11) is 0. The fourth-order valence-electron chi connectivity index (χ4n) is 1.48. The van der Waals surface area contributed by atoms with Crippen molar-refractivity contribution in [3.05, 3.63) is 77.9 Å². The molecule has 18 heavy (non-hydrogen) atoms. The van der Waals surface area contributed by atoms with Crippen molar-refractivity contribution < 1.29 is 4.84 Å². The zero-order chi connectivity index (χ0) is 12.5. The largest absolute Gasteiger partial charge is 0.391 e. The van der Waals surface area contributed by atoms with E-state index in [1.807, 2.05) is 72.8 Å². The number of rotatable bonds is 5. The van der Waals surface area contributed by atoms with Gasteiger partial charge in [0.15, 0.2) is 0 Å². The minimum absolute atomic E-state index is 0.497. The molecule has 0 N–H and O–H groups in total. The van der Waals surface area contributed by atoms with E-state index in [0.717, 1.165) is 11.1 Å². The normalized spacial score (nSPS) is 11.1. The number of benzene rings is 2. The smallest absolute Gasteiger partial charge is 0.142 e. The van der Waals surface area contributed by atoms with Gasteiger partial charge >= 0.3 is 0 Å². The fourth-order valence-corrected chi connectivity index (χ4v) is 1.48. The van der Waals surface area contributed by atoms with E-state index in [4.69, 9.17) is 4.84 Å². The first-order chi connectivity index (χ1) is 8.95. The van der Waals surface area contributed by atoms with E-state index in [9.17, 15) is 0 Å². The highest BCUT2D eigenvalue weighted by molar-refractivity contribution is 5.77. The molecule has 0 aliphatic heterocycles. The van der Waals surface area contributed by atoms with E-state index in [1.165, 1.54) is 0 Å². The Morgan fingerprint density at radius 1 is 0.889 bits per heavy atom. The van der Waals surface area contributed by atoms with Crippen LogP contribution >= 0.6 is 0 Å². The fraction of sp³-hybridized carbons (Fsp3) is 0.0625. The summed E-state index contributed by atoms with van der Waals surface area (Å²) >= 11 is 0. The number of oxime groups is 1. The number of nitrogens with zero attached hydrogens (tertiary/aromatic N) is 1. The summed E-state index contributed by atoms with van der Waals surface area (Å²) < 4.78 is 0. The maximum atomic E-state index is 5.18. The van der Waals surface area contributed by atoms with Gasteiger partial charge in [-0.1, -0.05) is 71.9 Å². The molecule has 0 fully saturated rings. The zero-order valence-corrected chi connectivity index (χ0v) is 10.1. The minimum atomic E-state index is 0.497. The Kier molecular flexibility index (Phi) is 4.76. The monoisotopic (exact) mass is 237 g/mol. The molecule has 0 atom stereocenters. The van der Waals surface area contributed by atoms with Gasteiger partial charge in [0.05, 0.1) is 6.21 Å². The summed E-state index contributed by atoms with van der Waals surface area (Å²) in [5.41, 5.74) is 2.26. The zero-order valence-electron chi connectivity index (χ0n) is 10.1. The second-order valence-corrected chi connectivity index (χ2v) is 3.78. The molecule has 0 spiro atoms. The summed E-state index contributed by atoms with van der Waals surface area (Å²) in [5.74, 6) is 0. The van der Waals surface area contributed by atoms with Gasteiger partial charge in [0.2, 0.25) is 0 Å². The third kappa shape index (κ3) is 4.26. The maximum absolute atomic E-state index is 5.18. The summed E-state index contributed by atoms with van der Waals surface area (Å²) in [6.07, 6.45) is 5.49. The Bertz CT molecular complexity index is 503. The minimum Gasteiger partial charge on any atom is -0.391 e. The summed E-state index contributed by atoms with van der Waals surface area (Å²) in [4.78, 5) is 5.18. The summed E-state index contributed by atoms with van der Waals surface area (Å²) in [6, 6.07) is 20.0. The number of hydrogen-bond acceptors (Lipinski definition) is 2. The molecular weight excluding hydrogens is 222 g/mol. The van der Waals surface area contributed by atoms with Crippen LogP contribution in [0.15, 0.2) is 71.9 Å². The first kappa shape index (κ1) is 12.1. The molecule has 2 rings (SSSR count). The van der Waals surface area contributed by atoms with Crippen LogP contribution in [-0.4, -0.2) is 6.21 Å². The molecule has 0 heterocycles. The molecule has 0 bridgehead atoms. The molecule has 90 valence electrons. The van der Waals surface area contributed by atoms with Crippen molar-refractivity contribution in [1.29, 1.82) is 0 Å². The predicted molar refractivity (Wildman–Crippen MR) is 75.2 cm³/mol. The topological polar surface area (TPSA) is 21.6 Å². The number of allylic oxidation sites excluding steroid dienone is 1. The molecule has 0 amide bonds. The van der Waals surface area contributed by atoms with Crippen molar-refractivity contribution in [3.63, 3.8) is 0 Å². The molecule has 0 aliphatic rings. The first-order valence-electron chi connectivity index (χ1n) is 5.86. The number of hydrogen-bond donors (Lipinski definition) is 0. The molecule has 0 aromatic heterocycles. The van der Waals surface area contributed by atoms with E-state index >= 15 is 0 Å². The average molecular weight is 237 g/mol. The second-order valence-electron chi connectivity index (χ2n) is 3.78. The molecule has 2 aromatic rings. The van der Waals surface area contributed by atoms with Crippen LogP contribution in [-0.2, 0) is 11.4 Å². The van der Waals surface area contributed by atoms with Crippen LogP contribution in [0.5, 0.6) is 0 Å². The van der Waals surface area contributed by atoms with Gasteiger partial charge in [0.1, 0.15) is 6.61 Å². The van der Waals surface area contributed by atoms with Crippen LogP contribution in [0.4, 0.5) is 0 Å². The van der Waals surface area contributed by atoms with Crippen LogP contribution in [0, 0.1) is 0 Å². The van der Waals surface area contributed by atoms with Gasteiger partial charge < -0.3 is 4.84 Å². The molecular formula is C16H15NO. The Morgan fingerprint density at radius 2 is 1.56 bits per heavy atom. The molecule has 2 aromatic carbocycles. The van der Waals surface area contributed by atoms with E-state index in [1.54, 1.807) is 6.21 Å². The molecule has 0 radical (unpaired) electrons. The predicted octanol–water partition coefficient (Wildman–Crippen LogP) is 3.90. The van der Waals surface area contributed by atoms with Crippen LogP contribution in [0.2, 0.25) is 0 Å². The molecule has 0 saturated carbocycles. The highest BCUT2D eigenvalue weighted by Gasteiger charge is 1.88. The maximum Gasteiger partial charge on any atom is 0.142 e. The lowest BCUT2D eigenvalue weighted by Crippen LogP contribution is -1.85. The Balaban J connectivity index is 1.74. The molecule has 0 unspecified atom stereocenters. The van der Waals surface area contributed by atoms with Crippen LogP contribution < -0.4 is 0 Å². The van der Waals surface area contributed by atoms with E-state index in [-0.39, 0.29) is 0 Å². The molecule has 2 nitrogen and oxygen atoms in total.